The fourth-order valence-corrected chi connectivity index (χ4v) is 2.55. The van der Waals surface area contributed by atoms with Crippen molar-refractivity contribution in [3.63, 3.8) is 0 Å². The Hall–Kier alpha value is -2.69. The molecule has 0 saturated heterocycles. The summed E-state index contributed by atoms with van der Waals surface area (Å²) in [6.45, 7) is 10.3. The lowest BCUT2D eigenvalue weighted by Crippen LogP contribution is -2.11. The molecule has 24 heavy (non-hydrogen) atoms. The third-order valence-electron chi connectivity index (χ3n) is 3.83. The Kier molecular flexibility index (Phi) is 3.87. The molecule has 0 aliphatic carbocycles. The summed E-state index contributed by atoms with van der Waals surface area (Å²) in [5.74, 6) is 0.814. The average Bonchev–Trinajstić information content (AvgIpc) is 2.86. The number of hydrogen-bond donors (Lipinski definition) is 1. The van der Waals surface area contributed by atoms with Crippen LogP contribution in [0.5, 0.6) is 5.75 Å². The van der Waals surface area contributed by atoms with Crippen LogP contribution in [0.25, 0.3) is 5.65 Å². The first kappa shape index (κ1) is 16.2. The number of phenols is 1. The van der Waals surface area contributed by atoms with E-state index < -0.39 is 0 Å². The molecule has 1 N–H and O–H groups in total. The molecule has 5 heteroatoms. The number of aromatic nitrogens is 2. The van der Waals surface area contributed by atoms with Gasteiger partial charge in [-0.1, -0.05) is 32.9 Å². The first-order chi connectivity index (χ1) is 11.3. The van der Waals surface area contributed by atoms with Gasteiger partial charge in [0.25, 0.3) is 0 Å². The Balaban J connectivity index is 2.18. The van der Waals surface area contributed by atoms with E-state index in [-0.39, 0.29) is 11.2 Å². The standard InChI is InChI=1S/C19H22N4O/c1-12-6-8-15(24)14(10-12)21-22-18-17(19(3,4)5)20-16-9-7-13(2)11-23(16)18/h6-11,24H,1-5H3. The average molecular weight is 322 g/mol. The van der Waals surface area contributed by atoms with Gasteiger partial charge in [0.05, 0.1) is 5.69 Å². The van der Waals surface area contributed by atoms with E-state index in [4.69, 9.17) is 4.98 Å². The molecule has 3 aromatic rings. The lowest BCUT2D eigenvalue weighted by atomic mass is 9.92. The predicted molar refractivity (Wildman–Crippen MR) is 95.6 cm³/mol. The van der Waals surface area contributed by atoms with Crippen LogP contribution in [-0.2, 0) is 5.41 Å². The van der Waals surface area contributed by atoms with Crippen molar-refractivity contribution >= 4 is 17.2 Å². The summed E-state index contributed by atoms with van der Waals surface area (Å²) in [6, 6.07) is 9.29. The maximum atomic E-state index is 9.97. The SMILES string of the molecule is Cc1ccc(O)c(N=Nc2c(C(C)(C)C)nc3ccc(C)cn23)c1. The maximum Gasteiger partial charge on any atom is 0.183 e. The molecule has 5 nitrogen and oxygen atoms in total. The molecule has 0 amide bonds. The van der Waals surface area contributed by atoms with Crippen LogP contribution in [0.3, 0.4) is 0 Å². The smallest absolute Gasteiger partial charge is 0.183 e. The van der Waals surface area contributed by atoms with Crippen LogP contribution >= 0.6 is 0 Å². The number of benzene rings is 1. The maximum absolute atomic E-state index is 9.97. The van der Waals surface area contributed by atoms with Crippen LogP contribution in [0, 0.1) is 13.8 Å². The van der Waals surface area contributed by atoms with E-state index >= 15 is 0 Å². The predicted octanol–water partition coefficient (Wildman–Crippen LogP) is 5.37. The van der Waals surface area contributed by atoms with Crippen LogP contribution in [-0.4, -0.2) is 14.5 Å². The minimum atomic E-state index is -0.164. The van der Waals surface area contributed by atoms with Crippen molar-refractivity contribution in [2.24, 2.45) is 10.2 Å². The number of aryl methyl sites for hydroxylation is 2. The Morgan fingerprint density at radius 1 is 1.00 bits per heavy atom. The molecule has 2 aromatic heterocycles. The van der Waals surface area contributed by atoms with Gasteiger partial charge in [-0.2, -0.15) is 0 Å². The van der Waals surface area contributed by atoms with Gasteiger partial charge in [0.2, 0.25) is 0 Å². The Morgan fingerprint density at radius 3 is 2.42 bits per heavy atom. The van der Waals surface area contributed by atoms with Crippen molar-refractivity contribution in [2.45, 2.75) is 40.0 Å². The number of aromatic hydroxyl groups is 1. The van der Waals surface area contributed by atoms with Crippen molar-refractivity contribution in [1.82, 2.24) is 9.38 Å². The second kappa shape index (κ2) is 5.74. The number of fused-ring (bicyclic) bond motifs is 1. The summed E-state index contributed by atoms with van der Waals surface area (Å²) < 4.78 is 1.95. The van der Waals surface area contributed by atoms with Crippen LogP contribution in [0.15, 0.2) is 46.8 Å². The molecule has 1 aromatic carbocycles. The van der Waals surface area contributed by atoms with E-state index in [2.05, 4.69) is 31.0 Å². The van der Waals surface area contributed by atoms with Crippen molar-refractivity contribution in [3.05, 3.63) is 53.3 Å². The van der Waals surface area contributed by atoms with Crippen LogP contribution in [0.1, 0.15) is 37.6 Å². The van der Waals surface area contributed by atoms with E-state index in [1.165, 1.54) is 0 Å². The quantitative estimate of drug-likeness (QED) is 0.645. The summed E-state index contributed by atoms with van der Waals surface area (Å²) in [7, 11) is 0. The van der Waals surface area contributed by atoms with E-state index in [1.807, 2.05) is 48.7 Å². The highest BCUT2D eigenvalue weighted by Gasteiger charge is 2.24. The van der Waals surface area contributed by atoms with E-state index in [1.54, 1.807) is 6.07 Å². The highest BCUT2D eigenvalue weighted by atomic mass is 16.3. The van der Waals surface area contributed by atoms with Crippen molar-refractivity contribution in [2.75, 3.05) is 0 Å². The summed E-state index contributed by atoms with van der Waals surface area (Å²) in [5, 5.41) is 18.7. The van der Waals surface area contributed by atoms with Crippen molar-refractivity contribution < 1.29 is 5.11 Å². The molecule has 0 unspecified atom stereocenters. The van der Waals surface area contributed by atoms with Crippen LogP contribution < -0.4 is 0 Å². The summed E-state index contributed by atoms with van der Waals surface area (Å²) >= 11 is 0. The summed E-state index contributed by atoms with van der Waals surface area (Å²) in [6.07, 6.45) is 2.00. The zero-order valence-corrected chi connectivity index (χ0v) is 14.7. The molecule has 0 spiro atoms. The Bertz CT molecular complexity index is 932. The normalized spacial score (nSPS) is 12.4. The lowest BCUT2D eigenvalue weighted by molar-refractivity contribution is 0.476. The second-order valence-corrected chi connectivity index (χ2v) is 7.16. The monoisotopic (exact) mass is 322 g/mol. The minimum absolute atomic E-state index is 0.117. The lowest BCUT2D eigenvalue weighted by Gasteiger charge is -2.15. The molecule has 0 radical (unpaired) electrons. The summed E-state index contributed by atoms with van der Waals surface area (Å²) in [4.78, 5) is 4.72. The van der Waals surface area contributed by atoms with Gasteiger partial charge in [-0.3, -0.25) is 4.40 Å². The number of hydrogen-bond acceptors (Lipinski definition) is 4. The Labute approximate surface area is 141 Å². The highest BCUT2D eigenvalue weighted by Crippen LogP contribution is 2.35. The van der Waals surface area contributed by atoms with Gasteiger partial charge in [-0.25, -0.2) is 4.98 Å². The fraction of sp³-hybridized carbons (Fsp3) is 0.316. The number of nitrogens with zero attached hydrogens (tertiary/aromatic N) is 4. The molecule has 124 valence electrons. The zero-order chi connectivity index (χ0) is 17.5. The summed E-state index contributed by atoms with van der Waals surface area (Å²) in [5.41, 5.74) is 4.15. The third kappa shape index (κ3) is 3.02. The van der Waals surface area contributed by atoms with Gasteiger partial charge in [0.15, 0.2) is 5.82 Å². The zero-order valence-electron chi connectivity index (χ0n) is 14.7. The van der Waals surface area contributed by atoms with Gasteiger partial charge in [-0.15, -0.1) is 10.2 Å². The molecule has 0 bridgehead atoms. The molecular weight excluding hydrogens is 300 g/mol. The van der Waals surface area contributed by atoms with Crippen LogP contribution in [0.2, 0.25) is 0 Å². The molecule has 0 saturated carbocycles. The first-order valence-corrected chi connectivity index (χ1v) is 7.96. The van der Waals surface area contributed by atoms with Crippen molar-refractivity contribution in [3.8, 4) is 5.75 Å². The van der Waals surface area contributed by atoms with Gasteiger partial charge >= 0.3 is 0 Å². The molecule has 2 heterocycles. The molecule has 0 aliphatic heterocycles. The van der Waals surface area contributed by atoms with E-state index in [0.717, 1.165) is 22.5 Å². The number of azo groups is 1. The minimum Gasteiger partial charge on any atom is -0.506 e. The molecule has 0 atom stereocenters. The highest BCUT2D eigenvalue weighted by molar-refractivity contribution is 5.56. The van der Waals surface area contributed by atoms with Gasteiger partial charge in [0, 0.05) is 11.6 Å². The van der Waals surface area contributed by atoms with E-state index in [0.29, 0.717) is 11.5 Å². The Morgan fingerprint density at radius 2 is 1.71 bits per heavy atom. The molecular formula is C19H22N4O. The van der Waals surface area contributed by atoms with Crippen molar-refractivity contribution in [1.29, 1.82) is 0 Å². The topological polar surface area (TPSA) is 62.2 Å². The van der Waals surface area contributed by atoms with Gasteiger partial charge < -0.3 is 5.11 Å². The number of imidazole rings is 1. The first-order valence-electron chi connectivity index (χ1n) is 7.96. The molecule has 0 aliphatic rings. The second-order valence-electron chi connectivity index (χ2n) is 7.16. The number of phenolic OH excluding ortho intramolecular Hbond substituents is 1. The van der Waals surface area contributed by atoms with Gasteiger partial charge in [0.1, 0.15) is 17.1 Å². The number of pyridine rings is 1. The third-order valence-corrected chi connectivity index (χ3v) is 3.83. The molecule has 0 fully saturated rings. The fourth-order valence-electron chi connectivity index (χ4n) is 2.55. The van der Waals surface area contributed by atoms with Crippen LogP contribution in [0.4, 0.5) is 11.5 Å². The molecule has 3 rings (SSSR count). The largest absolute Gasteiger partial charge is 0.506 e. The number of rotatable bonds is 2. The van der Waals surface area contributed by atoms with Gasteiger partial charge in [-0.05, 0) is 43.2 Å². The van der Waals surface area contributed by atoms with E-state index in [9.17, 15) is 5.11 Å².